The van der Waals surface area contributed by atoms with E-state index in [1.54, 1.807) is 18.2 Å². The molecule has 9 heteroatoms. The minimum atomic E-state index is -0.220. The van der Waals surface area contributed by atoms with Crippen LogP contribution in [0, 0.1) is 5.41 Å². The van der Waals surface area contributed by atoms with Crippen molar-refractivity contribution >= 4 is 41.9 Å². The first-order valence-corrected chi connectivity index (χ1v) is 8.22. The molecule has 27 heavy (non-hydrogen) atoms. The fourth-order valence-corrected chi connectivity index (χ4v) is 2.60. The van der Waals surface area contributed by atoms with E-state index in [0.29, 0.717) is 24.0 Å². The number of aldehydes is 1. The van der Waals surface area contributed by atoms with Gasteiger partial charge in [-0.25, -0.2) is 4.99 Å². The number of aliphatic imine (C=N–C) groups is 1. The molecule has 1 heterocycles. The average molecular weight is 387 g/mol. The Morgan fingerprint density at radius 2 is 2.19 bits per heavy atom. The van der Waals surface area contributed by atoms with Crippen LogP contribution >= 0.6 is 11.6 Å². The maximum Gasteiger partial charge on any atom is 0.254 e. The lowest BCUT2D eigenvalue weighted by Crippen LogP contribution is -2.25. The summed E-state index contributed by atoms with van der Waals surface area (Å²) in [6.45, 7) is 4.10. The molecule has 0 saturated carbocycles. The molecule has 1 aromatic rings. The van der Waals surface area contributed by atoms with Gasteiger partial charge in [-0.15, -0.1) is 0 Å². The molecule has 0 saturated heterocycles. The van der Waals surface area contributed by atoms with Crippen LogP contribution in [0.25, 0.3) is 5.70 Å². The number of benzene rings is 1. The van der Waals surface area contributed by atoms with Crippen LogP contribution in [0.4, 0.5) is 0 Å². The van der Waals surface area contributed by atoms with Gasteiger partial charge < -0.3 is 31.9 Å². The third-order valence-electron chi connectivity index (χ3n) is 3.74. The highest BCUT2D eigenvalue weighted by molar-refractivity contribution is 6.42. The summed E-state index contributed by atoms with van der Waals surface area (Å²) < 4.78 is 0. The van der Waals surface area contributed by atoms with Gasteiger partial charge in [0.25, 0.3) is 5.91 Å². The minimum absolute atomic E-state index is 0.0479. The molecule has 0 radical (unpaired) electrons. The van der Waals surface area contributed by atoms with Gasteiger partial charge in [0.05, 0.1) is 17.3 Å². The number of hydrogen-bond acceptors (Lipinski definition) is 7. The largest absolute Gasteiger partial charge is 0.397 e. The second kappa shape index (κ2) is 8.81. The van der Waals surface area contributed by atoms with Gasteiger partial charge in [0.1, 0.15) is 17.9 Å². The highest BCUT2D eigenvalue weighted by Gasteiger charge is 2.27. The van der Waals surface area contributed by atoms with Gasteiger partial charge in [-0.1, -0.05) is 30.3 Å². The maximum absolute atomic E-state index is 12.3. The van der Waals surface area contributed by atoms with Crippen molar-refractivity contribution in [2.24, 2.45) is 16.5 Å². The number of nitrogens with one attached hydrogen (secondary N) is 2. The van der Waals surface area contributed by atoms with Crippen LogP contribution in [0.1, 0.15) is 21.5 Å². The molecule has 0 fully saturated rings. The number of amides is 1. The van der Waals surface area contributed by atoms with Crippen molar-refractivity contribution < 1.29 is 9.59 Å². The Bertz CT molecular complexity index is 888. The predicted octanol–water partition coefficient (Wildman–Crippen LogP) is 1.29. The average Bonchev–Trinajstić information content (AvgIpc) is 2.95. The van der Waals surface area contributed by atoms with E-state index in [2.05, 4.69) is 16.9 Å². The van der Waals surface area contributed by atoms with Gasteiger partial charge in [0, 0.05) is 24.5 Å². The van der Waals surface area contributed by atoms with Crippen LogP contribution in [0.3, 0.4) is 0 Å². The number of allylic oxidation sites excluding steroid dienone is 2. The van der Waals surface area contributed by atoms with E-state index in [0.717, 1.165) is 11.8 Å². The molecule has 0 unspecified atom stereocenters. The summed E-state index contributed by atoms with van der Waals surface area (Å²) in [4.78, 5) is 28.4. The monoisotopic (exact) mass is 386 g/mol. The standard InChI is InChI=1S/C18H19ClN6O2/c1-11(24-16(21)4-5-20)23-9-15(19)17(22)12-2-3-13-10-25(6-7-26)18(27)14(13)8-12/h2-5,7-9,20,24H,1,6,10,21-22H2/b16-4+,17-15+,20-5?,23-9-. The smallest absolute Gasteiger partial charge is 0.254 e. The van der Waals surface area contributed by atoms with Crippen LogP contribution in [0.15, 0.2) is 52.5 Å². The first-order valence-electron chi connectivity index (χ1n) is 7.85. The third kappa shape index (κ3) is 4.83. The molecular formula is C18H19ClN6O2. The molecule has 0 bridgehead atoms. The minimum Gasteiger partial charge on any atom is -0.397 e. The molecular weight excluding hydrogens is 368 g/mol. The molecule has 1 aromatic carbocycles. The van der Waals surface area contributed by atoms with Crippen LogP contribution in [0.2, 0.25) is 0 Å². The molecule has 0 aliphatic carbocycles. The summed E-state index contributed by atoms with van der Waals surface area (Å²) in [5.74, 6) is 0.199. The predicted molar refractivity (Wildman–Crippen MR) is 106 cm³/mol. The van der Waals surface area contributed by atoms with Crippen molar-refractivity contribution in [1.82, 2.24) is 10.2 Å². The summed E-state index contributed by atoms with van der Waals surface area (Å²) in [6.07, 6.45) is 4.35. The SMILES string of the molecule is C=C(/N=C\C(Cl)=C(/N)c1ccc2c(c1)C(=O)N(CC=O)C2)N/C(N)=C/C=N. The molecule has 0 atom stereocenters. The molecule has 140 valence electrons. The molecule has 0 spiro atoms. The molecule has 1 amide bonds. The van der Waals surface area contributed by atoms with Gasteiger partial charge in [0.2, 0.25) is 0 Å². The van der Waals surface area contributed by atoms with Crippen molar-refractivity contribution in [3.05, 3.63) is 64.2 Å². The zero-order valence-electron chi connectivity index (χ0n) is 14.4. The Morgan fingerprint density at radius 3 is 2.85 bits per heavy atom. The van der Waals surface area contributed by atoms with E-state index in [1.807, 2.05) is 0 Å². The first-order chi connectivity index (χ1) is 12.9. The highest BCUT2D eigenvalue weighted by atomic mass is 35.5. The molecule has 8 nitrogen and oxygen atoms in total. The summed E-state index contributed by atoms with van der Waals surface area (Å²) in [5, 5.41) is 9.74. The van der Waals surface area contributed by atoms with Crippen molar-refractivity contribution in [3.8, 4) is 0 Å². The second-order valence-corrected chi connectivity index (χ2v) is 6.01. The van der Waals surface area contributed by atoms with E-state index < -0.39 is 0 Å². The summed E-state index contributed by atoms with van der Waals surface area (Å²) in [6, 6.07) is 5.18. The van der Waals surface area contributed by atoms with Gasteiger partial charge in [-0.2, -0.15) is 0 Å². The fraction of sp³-hybridized carbons (Fsp3) is 0.111. The third-order valence-corrected chi connectivity index (χ3v) is 4.04. The quantitative estimate of drug-likeness (QED) is 0.394. The number of rotatable bonds is 8. The zero-order chi connectivity index (χ0) is 20.0. The maximum atomic E-state index is 12.3. The van der Waals surface area contributed by atoms with Crippen LogP contribution < -0.4 is 16.8 Å². The summed E-state index contributed by atoms with van der Waals surface area (Å²) >= 11 is 6.19. The van der Waals surface area contributed by atoms with Crippen LogP contribution in [0.5, 0.6) is 0 Å². The van der Waals surface area contributed by atoms with Crippen LogP contribution in [-0.4, -0.2) is 36.1 Å². The number of carbonyl (C=O) groups is 2. The lowest BCUT2D eigenvalue weighted by molar-refractivity contribution is -0.108. The van der Waals surface area contributed by atoms with E-state index in [4.69, 9.17) is 28.5 Å². The first kappa shape index (κ1) is 19.9. The molecule has 1 aliphatic heterocycles. The Morgan fingerprint density at radius 1 is 1.44 bits per heavy atom. The lowest BCUT2D eigenvalue weighted by Gasteiger charge is -2.10. The van der Waals surface area contributed by atoms with E-state index in [-0.39, 0.29) is 34.8 Å². The molecule has 6 N–H and O–H groups in total. The molecule has 0 aromatic heterocycles. The Balaban J connectivity index is 2.18. The van der Waals surface area contributed by atoms with Gasteiger partial charge >= 0.3 is 0 Å². The Hall–Kier alpha value is -3.39. The van der Waals surface area contributed by atoms with Gasteiger partial charge in [-0.3, -0.25) is 4.79 Å². The number of fused-ring (bicyclic) bond motifs is 1. The van der Waals surface area contributed by atoms with Crippen molar-refractivity contribution in [3.63, 3.8) is 0 Å². The Kier molecular flexibility index (Phi) is 6.51. The second-order valence-electron chi connectivity index (χ2n) is 5.60. The van der Waals surface area contributed by atoms with E-state index >= 15 is 0 Å². The topological polar surface area (TPSA) is 138 Å². The summed E-state index contributed by atoms with van der Waals surface area (Å²) in [7, 11) is 0. The number of halogens is 1. The van der Waals surface area contributed by atoms with Gasteiger partial charge in [0.15, 0.2) is 0 Å². The normalized spacial score (nSPS) is 14.8. The number of nitrogens with zero attached hydrogens (tertiary/aromatic N) is 2. The van der Waals surface area contributed by atoms with E-state index in [1.165, 1.54) is 17.2 Å². The van der Waals surface area contributed by atoms with Crippen molar-refractivity contribution in [1.29, 1.82) is 5.41 Å². The highest BCUT2D eigenvalue weighted by Crippen LogP contribution is 2.26. The van der Waals surface area contributed by atoms with Crippen molar-refractivity contribution in [2.75, 3.05) is 6.54 Å². The Labute approximate surface area is 161 Å². The zero-order valence-corrected chi connectivity index (χ0v) is 15.2. The number of nitrogens with two attached hydrogens (primary N) is 2. The fourth-order valence-electron chi connectivity index (χ4n) is 2.44. The van der Waals surface area contributed by atoms with Crippen LogP contribution in [-0.2, 0) is 11.3 Å². The lowest BCUT2D eigenvalue weighted by atomic mass is 10.0. The molecule has 2 rings (SSSR count). The van der Waals surface area contributed by atoms with Crippen molar-refractivity contribution in [2.45, 2.75) is 6.54 Å². The number of carbonyl (C=O) groups excluding carboxylic acids is 2. The molecule has 1 aliphatic rings. The summed E-state index contributed by atoms with van der Waals surface area (Å²) in [5.41, 5.74) is 13.8. The van der Waals surface area contributed by atoms with Gasteiger partial charge in [-0.05, 0) is 23.3 Å². The number of hydrogen-bond donors (Lipinski definition) is 4. The van der Waals surface area contributed by atoms with E-state index in [9.17, 15) is 9.59 Å².